The molecule has 0 spiro atoms. The predicted molar refractivity (Wildman–Crippen MR) is 87.3 cm³/mol. The number of hydrogen-bond acceptors (Lipinski definition) is 2. The lowest BCUT2D eigenvalue weighted by Crippen LogP contribution is -2.25. The smallest absolute Gasteiger partial charge is 0.128 e. The first-order valence-corrected chi connectivity index (χ1v) is 8.75. The van der Waals surface area contributed by atoms with Crippen molar-refractivity contribution < 1.29 is 4.39 Å². The Morgan fingerprint density at radius 1 is 1.32 bits per heavy atom. The predicted octanol–water partition coefficient (Wildman–Crippen LogP) is 5.02. The standard InChI is InChI=1S/C15H23BrFNS/c1-4-7-18-15(10-19-9-11(2)3)13-8-12(16)5-6-14(13)17/h5-6,8,11,15,18H,4,7,9-10H2,1-3H3. The highest BCUT2D eigenvalue weighted by molar-refractivity contribution is 9.10. The fourth-order valence-corrected chi connectivity index (χ4v) is 3.30. The zero-order valence-corrected chi connectivity index (χ0v) is 14.3. The van der Waals surface area contributed by atoms with Crippen molar-refractivity contribution in [1.29, 1.82) is 0 Å². The summed E-state index contributed by atoms with van der Waals surface area (Å²) < 4.78 is 14.9. The molecule has 0 heterocycles. The molecule has 1 rings (SSSR count). The summed E-state index contributed by atoms with van der Waals surface area (Å²) in [4.78, 5) is 0. The van der Waals surface area contributed by atoms with E-state index in [1.165, 1.54) is 6.07 Å². The molecular formula is C15H23BrFNS. The molecule has 1 atom stereocenters. The third kappa shape index (κ3) is 6.28. The van der Waals surface area contributed by atoms with Crippen LogP contribution >= 0.6 is 27.7 Å². The van der Waals surface area contributed by atoms with Gasteiger partial charge in [-0.3, -0.25) is 0 Å². The Morgan fingerprint density at radius 2 is 2.05 bits per heavy atom. The monoisotopic (exact) mass is 347 g/mol. The molecule has 0 amide bonds. The second kappa shape index (κ2) is 8.98. The minimum Gasteiger partial charge on any atom is -0.309 e. The van der Waals surface area contributed by atoms with Crippen molar-refractivity contribution in [2.45, 2.75) is 33.2 Å². The van der Waals surface area contributed by atoms with Crippen LogP contribution in [0.2, 0.25) is 0 Å². The van der Waals surface area contributed by atoms with E-state index in [-0.39, 0.29) is 11.9 Å². The van der Waals surface area contributed by atoms with E-state index in [4.69, 9.17) is 0 Å². The van der Waals surface area contributed by atoms with Crippen LogP contribution in [-0.2, 0) is 0 Å². The van der Waals surface area contributed by atoms with Gasteiger partial charge in [0.1, 0.15) is 5.82 Å². The van der Waals surface area contributed by atoms with Crippen molar-refractivity contribution in [3.05, 3.63) is 34.1 Å². The van der Waals surface area contributed by atoms with Gasteiger partial charge in [0.25, 0.3) is 0 Å². The maximum atomic E-state index is 14.0. The molecule has 0 saturated heterocycles. The highest BCUT2D eigenvalue weighted by Crippen LogP contribution is 2.25. The molecule has 1 nitrogen and oxygen atoms in total. The van der Waals surface area contributed by atoms with Gasteiger partial charge < -0.3 is 5.32 Å². The maximum absolute atomic E-state index is 14.0. The van der Waals surface area contributed by atoms with Crippen LogP contribution in [0.4, 0.5) is 4.39 Å². The molecule has 108 valence electrons. The van der Waals surface area contributed by atoms with Gasteiger partial charge in [0, 0.05) is 21.8 Å². The van der Waals surface area contributed by atoms with Crippen LogP contribution < -0.4 is 5.32 Å². The molecule has 1 N–H and O–H groups in total. The molecular weight excluding hydrogens is 325 g/mol. The number of rotatable bonds is 8. The normalized spacial score (nSPS) is 12.9. The molecule has 1 aromatic rings. The van der Waals surface area contributed by atoms with Crippen LogP contribution in [0, 0.1) is 11.7 Å². The molecule has 0 saturated carbocycles. The first kappa shape index (κ1) is 17.0. The Hall–Kier alpha value is -0.0600. The van der Waals surface area contributed by atoms with Gasteiger partial charge in [0.2, 0.25) is 0 Å². The van der Waals surface area contributed by atoms with Gasteiger partial charge in [0.15, 0.2) is 0 Å². The van der Waals surface area contributed by atoms with E-state index in [2.05, 4.69) is 42.0 Å². The van der Waals surface area contributed by atoms with Crippen LogP contribution in [0.5, 0.6) is 0 Å². The van der Waals surface area contributed by atoms with Crippen molar-refractivity contribution in [2.24, 2.45) is 5.92 Å². The second-order valence-electron chi connectivity index (χ2n) is 5.10. The van der Waals surface area contributed by atoms with E-state index in [0.29, 0.717) is 5.92 Å². The summed E-state index contributed by atoms with van der Waals surface area (Å²) in [7, 11) is 0. The van der Waals surface area contributed by atoms with Gasteiger partial charge in [-0.05, 0) is 42.8 Å². The number of halogens is 2. The molecule has 0 aliphatic heterocycles. The van der Waals surface area contributed by atoms with Gasteiger partial charge in [-0.25, -0.2) is 4.39 Å². The van der Waals surface area contributed by atoms with Crippen molar-refractivity contribution in [1.82, 2.24) is 5.32 Å². The molecule has 0 fully saturated rings. The largest absolute Gasteiger partial charge is 0.309 e. The van der Waals surface area contributed by atoms with Crippen LogP contribution in [0.3, 0.4) is 0 Å². The number of benzene rings is 1. The summed E-state index contributed by atoms with van der Waals surface area (Å²) in [5.41, 5.74) is 0.763. The summed E-state index contributed by atoms with van der Waals surface area (Å²) in [6.07, 6.45) is 1.06. The van der Waals surface area contributed by atoms with E-state index >= 15 is 0 Å². The fourth-order valence-electron chi connectivity index (χ4n) is 1.78. The Labute approximate surface area is 128 Å². The van der Waals surface area contributed by atoms with Crippen molar-refractivity contribution in [3.63, 3.8) is 0 Å². The SMILES string of the molecule is CCCNC(CSCC(C)C)c1cc(Br)ccc1F. The van der Waals surface area contributed by atoms with Crippen molar-refractivity contribution in [2.75, 3.05) is 18.1 Å². The lowest BCUT2D eigenvalue weighted by atomic mass is 10.1. The lowest BCUT2D eigenvalue weighted by Gasteiger charge is -2.20. The molecule has 4 heteroatoms. The molecule has 19 heavy (non-hydrogen) atoms. The molecule has 1 aromatic carbocycles. The third-order valence-electron chi connectivity index (χ3n) is 2.71. The van der Waals surface area contributed by atoms with Crippen molar-refractivity contribution in [3.8, 4) is 0 Å². The average Bonchev–Trinajstić information content (AvgIpc) is 2.36. The second-order valence-corrected chi connectivity index (χ2v) is 7.09. The third-order valence-corrected chi connectivity index (χ3v) is 4.67. The van der Waals surface area contributed by atoms with E-state index < -0.39 is 0 Å². The van der Waals surface area contributed by atoms with Crippen LogP contribution in [0.1, 0.15) is 38.8 Å². The first-order valence-electron chi connectivity index (χ1n) is 6.80. The molecule has 0 aliphatic carbocycles. The molecule has 0 radical (unpaired) electrons. The molecule has 0 aromatic heterocycles. The van der Waals surface area contributed by atoms with Crippen molar-refractivity contribution >= 4 is 27.7 Å². The summed E-state index contributed by atoms with van der Waals surface area (Å²) in [6, 6.07) is 5.25. The van der Waals surface area contributed by atoms with Gasteiger partial charge in [-0.15, -0.1) is 0 Å². The molecule has 0 bridgehead atoms. The van der Waals surface area contributed by atoms with Gasteiger partial charge in [0.05, 0.1) is 0 Å². The fraction of sp³-hybridized carbons (Fsp3) is 0.600. The highest BCUT2D eigenvalue weighted by atomic mass is 79.9. The molecule has 1 unspecified atom stereocenters. The van der Waals surface area contributed by atoms with E-state index in [1.54, 1.807) is 6.07 Å². The zero-order chi connectivity index (χ0) is 14.3. The van der Waals surface area contributed by atoms with E-state index in [0.717, 1.165) is 34.5 Å². The minimum atomic E-state index is -0.123. The average molecular weight is 348 g/mol. The van der Waals surface area contributed by atoms with E-state index in [9.17, 15) is 4.39 Å². The van der Waals surface area contributed by atoms with Crippen LogP contribution in [-0.4, -0.2) is 18.1 Å². The highest BCUT2D eigenvalue weighted by Gasteiger charge is 2.15. The van der Waals surface area contributed by atoms with Crippen LogP contribution in [0.15, 0.2) is 22.7 Å². The van der Waals surface area contributed by atoms with Gasteiger partial charge in [-0.1, -0.05) is 36.7 Å². The minimum absolute atomic E-state index is 0.0844. The number of nitrogens with one attached hydrogen (secondary N) is 1. The summed E-state index contributed by atoms with van der Waals surface area (Å²) in [6.45, 7) is 7.46. The first-order chi connectivity index (χ1) is 9.04. The van der Waals surface area contributed by atoms with Crippen LogP contribution in [0.25, 0.3) is 0 Å². The molecule has 0 aliphatic rings. The summed E-state index contributed by atoms with van der Waals surface area (Å²) in [5, 5.41) is 3.45. The maximum Gasteiger partial charge on any atom is 0.128 e. The summed E-state index contributed by atoms with van der Waals surface area (Å²) in [5.74, 6) is 2.57. The Morgan fingerprint density at radius 3 is 2.68 bits per heavy atom. The Balaban J connectivity index is 2.73. The Bertz CT molecular complexity index is 384. The van der Waals surface area contributed by atoms with Gasteiger partial charge >= 0.3 is 0 Å². The topological polar surface area (TPSA) is 12.0 Å². The Kier molecular flexibility index (Phi) is 8.03. The lowest BCUT2D eigenvalue weighted by molar-refractivity contribution is 0.531. The number of thioether (sulfide) groups is 1. The summed E-state index contributed by atoms with van der Waals surface area (Å²) >= 11 is 5.31. The number of hydrogen-bond donors (Lipinski definition) is 1. The van der Waals surface area contributed by atoms with E-state index in [1.807, 2.05) is 17.8 Å². The quantitative estimate of drug-likeness (QED) is 0.708. The zero-order valence-electron chi connectivity index (χ0n) is 11.9. The van der Waals surface area contributed by atoms with Gasteiger partial charge in [-0.2, -0.15) is 11.8 Å².